The third-order valence-electron chi connectivity index (χ3n) is 7.50. The molecule has 3 aromatic rings. The average Bonchev–Trinajstić information content (AvgIpc) is 2.91. The number of benzene rings is 3. The lowest BCUT2D eigenvalue weighted by molar-refractivity contribution is -0.135. The van der Waals surface area contributed by atoms with E-state index in [-0.39, 0.29) is 17.7 Å². The van der Waals surface area contributed by atoms with Gasteiger partial charge in [-0.3, -0.25) is 19.3 Å². The predicted octanol–water partition coefficient (Wildman–Crippen LogP) is 4.96. The minimum absolute atomic E-state index is 0.0264. The van der Waals surface area contributed by atoms with Crippen molar-refractivity contribution in [1.29, 1.82) is 0 Å². The predicted molar refractivity (Wildman–Crippen MR) is 146 cm³/mol. The highest BCUT2D eigenvalue weighted by Crippen LogP contribution is 2.38. The van der Waals surface area contributed by atoms with Crippen molar-refractivity contribution in [1.82, 2.24) is 10.2 Å². The Kier molecular flexibility index (Phi) is 7.77. The number of rotatable bonds is 6. The summed E-state index contributed by atoms with van der Waals surface area (Å²) in [7, 11) is 0. The summed E-state index contributed by atoms with van der Waals surface area (Å²) in [6.45, 7) is 8.67. The SMILES string of the molecule is CC(=O)N1CCC(C(=O)NCc2ccccc2)(N(C(=O)c2ccc(C)cc2)c2cccc(C)c2C)CC1. The minimum atomic E-state index is -1.15. The number of hydrogen-bond acceptors (Lipinski definition) is 3. The molecule has 4 rings (SSSR count). The zero-order chi connectivity index (χ0) is 26.6. The zero-order valence-electron chi connectivity index (χ0n) is 22.1. The van der Waals surface area contributed by atoms with Gasteiger partial charge in [-0.1, -0.05) is 60.2 Å². The summed E-state index contributed by atoms with van der Waals surface area (Å²) >= 11 is 0. The zero-order valence-corrected chi connectivity index (χ0v) is 22.1. The molecule has 192 valence electrons. The number of hydrogen-bond donors (Lipinski definition) is 1. The van der Waals surface area contributed by atoms with Gasteiger partial charge in [0.05, 0.1) is 0 Å². The molecule has 3 amide bonds. The Morgan fingerprint density at radius 3 is 2.14 bits per heavy atom. The van der Waals surface area contributed by atoms with Gasteiger partial charge in [-0.25, -0.2) is 0 Å². The molecule has 0 radical (unpaired) electrons. The van der Waals surface area contributed by atoms with Crippen LogP contribution >= 0.6 is 0 Å². The van der Waals surface area contributed by atoms with Gasteiger partial charge in [-0.15, -0.1) is 0 Å². The molecule has 1 saturated heterocycles. The molecule has 1 fully saturated rings. The van der Waals surface area contributed by atoms with Crippen LogP contribution in [-0.2, 0) is 16.1 Å². The number of likely N-dealkylation sites (tertiary alicyclic amines) is 1. The maximum Gasteiger partial charge on any atom is 0.259 e. The van der Waals surface area contributed by atoms with Gasteiger partial charge >= 0.3 is 0 Å². The number of piperidine rings is 1. The molecule has 0 bridgehead atoms. The van der Waals surface area contributed by atoms with Gasteiger partial charge in [0.1, 0.15) is 5.54 Å². The van der Waals surface area contributed by atoms with Crippen molar-refractivity contribution in [3.05, 3.63) is 101 Å². The summed E-state index contributed by atoms with van der Waals surface area (Å²) < 4.78 is 0. The Morgan fingerprint density at radius 1 is 0.865 bits per heavy atom. The number of nitrogens with zero attached hydrogens (tertiary/aromatic N) is 2. The maximum atomic E-state index is 14.3. The van der Waals surface area contributed by atoms with Crippen molar-refractivity contribution in [2.45, 2.75) is 52.6 Å². The summed E-state index contributed by atoms with van der Waals surface area (Å²) in [6.07, 6.45) is 0.691. The van der Waals surface area contributed by atoms with Crippen molar-refractivity contribution in [2.75, 3.05) is 18.0 Å². The Balaban J connectivity index is 1.82. The van der Waals surface area contributed by atoms with Crippen LogP contribution in [0.4, 0.5) is 5.69 Å². The molecule has 0 aliphatic carbocycles. The Bertz CT molecular complexity index is 1280. The van der Waals surface area contributed by atoms with E-state index in [4.69, 9.17) is 0 Å². The number of nitrogens with one attached hydrogen (secondary N) is 1. The Hall–Kier alpha value is -3.93. The lowest BCUT2D eigenvalue weighted by atomic mass is 9.82. The molecule has 6 nitrogen and oxygen atoms in total. The Morgan fingerprint density at radius 2 is 1.51 bits per heavy atom. The van der Waals surface area contributed by atoms with Crippen molar-refractivity contribution < 1.29 is 14.4 Å². The van der Waals surface area contributed by atoms with Gasteiger partial charge in [-0.05, 0) is 68.5 Å². The highest BCUT2D eigenvalue weighted by atomic mass is 16.2. The fraction of sp³-hybridized carbons (Fsp3) is 0.323. The van der Waals surface area contributed by atoms with Crippen LogP contribution in [0, 0.1) is 20.8 Å². The normalized spacial score (nSPS) is 14.6. The van der Waals surface area contributed by atoms with Crippen LogP contribution < -0.4 is 10.2 Å². The molecule has 6 heteroatoms. The third kappa shape index (κ3) is 5.43. The lowest BCUT2D eigenvalue weighted by Crippen LogP contribution is -2.65. The molecule has 37 heavy (non-hydrogen) atoms. The number of amides is 3. The molecular weight excluding hydrogens is 462 g/mol. The van der Waals surface area contributed by atoms with E-state index in [0.29, 0.717) is 38.0 Å². The van der Waals surface area contributed by atoms with Crippen LogP contribution in [0.3, 0.4) is 0 Å². The van der Waals surface area contributed by atoms with Gasteiger partial charge in [0, 0.05) is 37.8 Å². The van der Waals surface area contributed by atoms with Crippen LogP contribution in [0.2, 0.25) is 0 Å². The van der Waals surface area contributed by atoms with Crippen LogP contribution in [0.1, 0.15) is 52.4 Å². The van der Waals surface area contributed by atoms with E-state index in [2.05, 4.69) is 5.32 Å². The van der Waals surface area contributed by atoms with Gasteiger partial charge < -0.3 is 10.2 Å². The first kappa shape index (κ1) is 26.1. The van der Waals surface area contributed by atoms with Crippen molar-refractivity contribution in [3.63, 3.8) is 0 Å². The molecule has 1 aliphatic heterocycles. The first-order valence-electron chi connectivity index (χ1n) is 12.8. The standard InChI is InChI=1S/C31H35N3O3/c1-22-13-15-27(16-14-22)29(36)34(28-12-8-9-23(2)24(28)3)31(17-19-33(20-18-31)25(4)35)30(37)32-21-26-10-6-5-7-11-26/h5-16H,17-21H2,1-4H3,(H,32,37). The van der Waals surface area contributed by atoms with Gasteiger partial charge in [0.2, 0.25) is 11.8 Å². The van der Waals surface area contributed by atoms with E-state index in [0.717, 1.165) is 27.9 Å². The topological polar surface area (TPSA) is 69.7 Å². The maximum absolute atomic E-state index is 14.3. The molecule has 0 saturated carbocycles. The highest BCUT2D eigenvalue weighted by Gasteiger charge is 2.50. The van der Waals surface area contributed by atoms with Crippen molar-refractivity contribution in [3.8, 4) is 0 Å². The van der Waals surface area contributed by atoms with E-state index in [9.17, 15) is 14.4 Å². The fourth-order valence-corrected chi connectivity index (χ4v) is 5.02. The molecule has 0 unspecified atom stereocenters. The molecule has 1 aliphatic rings. The van der Waals surface area contributed by atoms with Crippen LogP contribution in [-0.4, -0.2) is 41.2 Å². The van der Waals surface area contributed by atoms with Gasteiger partial charge in [0.25, 0.3) is 5.91 Å². The number of carbonyl (C=O) groups is 3. The molecule has 1 N–H and O–H groups in total. The molecular formula is C31H35N3O3. The fourth-order valence-electron chi connectivity index (χ4n) is 5.02. The molecule has 0 spiro atoms. The van der Waals surface area contributed by atoms with E-state index in [1.165, 1.54) is 0 Å². The highest BCUT2D eigenvalue weighted by molar-refractivity contribution is 6.12. The largest absolute Gasteiger partial charge is 0.350 e. The average molecular weight is 498 g/mol. The van der Waals surface area contributed by atoms with E-state index < -0.39 is 5.54 Å². The molecule has 0 atom stereocenters. The summed E-state index contributed by atoms with van der Waals surface area (Å²) in [5, 5.41) is 3.12. The molecule has 3 aromatic carbocycles. The smallest absolute Gasteiger partial charge is 0.259 e. The summed E-state index contributed by atoms with van der Waals surface area (Å²) in [4.78, 5) is 44.1. The lowest BCUT2D eigenvalue weighted by Gasteiger charge is -2.47. The van der Waals surface area contributed by atoms with Crippen molar-refractivity contribution in [2.24, 2.45) is 0 Å². The summed E-state index contributed by atoms with van der Waals surface area (Å²) in [5.74, 6) is -0.456. The van der Waals surface area contributed by atoms with Crippen molar-refractivity contribution >= 4 is 23.4 Å². The van der Waals surface area contributed by atoms with Crippen LogP contribution in [0.25, 0.3) is 0 Å². The second kappa shape index (κ2) is 11.0. The van der Waals surface area contributed by atoms with Gasteiger partial charge in [0.15, 0.2) is 0 Å². The number of carbonyl (C=O) groups excluding carboxylic acids is 3. The summed E-state index contributed by atoms with van der Waals surface area (Å²) in [6, 6.07) is 23.0. The number of aryl methyl sites for hydroxylation is 2. The van der Waals surface area contributed by atoms with Gasteiger partial charge in [-0.2, -0.15) is 0 Å². The van der Waals surface area contributed by atoms with E-state index in [1.807, 2.05) is 93.6 Å². The summed E-state index contributed by atoms with van der Waals surface area (Å²) in [5.41, 5.74) is 4.12. The quantitative estimate of drug-likeness (QED) is 0.524. The van der Waals surface area contributed by atoms with Crippen LogP contribution in [0.5, 0.6) is 0 Å². The molecule has 0 aromatic heterocycles. The second-order valence-electron chi connectivity index (χ2n) is 9.93. The molecule has 1 heterocycles. The second-order valence-corrected chi connectivity index (χ2v) is 9.93. The number of anilines is 1. The minimum Gasteiger partial charge on any atom is -0.350 e. The first-order chi connectivity index (χ1) is 17.7. The van der Waals surface area contributed by atoms with E-state index in [1.54, 1.807) is 16.7 Å². The van der Waals surface area contributed by atoms with E-state index >= 15 is 0 Å². The third-order valence-corrected chi connectivity index (χ3v) is 7.50. The Labute approximate surface area is 219 Å². The van der Waals surface area contributed by atoms with Crippen LogP contribution in [0.15, 0.2) is 72.8 Å². The first-order valence-corrected chi connectivity index (χ1v) is 12.8. The monoisotopic (exact) mass is 497 g/mol.